The van der Waals surface area contributed by atoms with E-state index in [1.165, 1.54) is 11.1 Å². The van der Waals surface area contributed by atoms with E-state index in [-0.39, 0.29) is 5.91 Å². The van der Waals surface area contributed by atoms with Crippen LogP contribution in [0.15, 0.2) is 54.7 Å². The molecular formula is C26H27ClN4O2. The van der Waals surface area contributed by atoms with Crippen LogP contribution in [0.4, 0.5) is 11.5 Å². The molecule has 6 nitrogen and oxygen atoms in total. The minimum Gasteiger partial charge on any atom is -0.378 e. The first-order valence-electron chi connectivity index (χ1n) is 11.3. The van der Waals surface area contributed by atoms with Crippen molar-refractivity contribution in [2.75, 3.05) is 49.6 Å². The maximum absolute atomic E-state index is 12.7. The number of fused-ring (bicyclic) bond motifs is 1. The van der Waals surface area contributed by atoms with Crippen LogP contribution in [0.1, 0.15) is 21.5 Å². The molecule has 0 saturated carbocycles. The Labute approximate surface area is 199 Å². The Morgan fingerprint density at radius 2 is 1.85 bits per heavy atom. The summed E-state index contributed by atoms with van der Waals surface area (Å²) in [5.74, 6) is 0.949. The molecule has 2 aliphatic rings. The third-order valence-corrected chi connectivity index (χ3v) is 6.55. The highest BCUT2D eigenvalue weighted by Crippen LogP contribution is 2.33. The summed E-state index contributed by atoms with van der Waals surface area (Å²) in [5.41, 5.74) is 6.28. The highest BCUT2D eigenvalue weighted by atomic mass is 35.5. The summed E-state index contributed by atoms with van der Waals surface area (Å²) in [6.45, 7) is 7.11. The second-order valence-corrected chi connectivity index (χ2v) is 8.93. The van der Waals surface area contributed by atoms with Crippen molar-refractivity contribution < 1.29 is 9.53 Å². The molecule has 1 aromatic heterocycles. The van der Waals surface area contributed by atoms with Gasteiger partial charge in [0.25, 0.3) is 5.91 Å². The van der Waals surface area contributed by atoms with Crippen LogP contribution in [-0.2, 0) is 11.3 Å². The molecule has 0 radical (unpaired) electrons. The van der Waals surface area contributed by atoms with Gasteiger partial charge in [-0.15, -0.1) is 0 Å². The summed E-state index contributed by atoms with van der Waals surface area (Å²) in [5, 5.41) is 4.16. The van der Waals surface area contributed by atoms with E-state index >= 15 is 0 Å². The third kappa shape index (κ3) is 4.68. The quantitative estimate of drug-likeness (QED) is 0.613. The first-order chi connectivity index (χ1) is 16.1. The zero-order valence-corrected chi connectivity index (χ0v) is 19.4. The van der Waals surface area contributed by atoms with E-state index < -0.39 is 0 Å². The van der Waals surface area contributed by atoms with Crippen molar-refractivity contribution in [3.05, 3.63) is 76.4 Å². The van der Waals surface area contributed by atoms with Crippen molar-refractivity contribution in [1.82, 2.24) is 9.88 Å². The van der Waals surface area contributed by atoms with Gasteiger partial charge < -0.3 is 19.9 Å². The fourth-order valence-corrected chi connectivity index (χ4v) is 4.55. The monoisotopic (exact) mass is 462 g/mol. The van der Waals surface area contributed by atoms with Gasteiger partial charge >= 0.3 is 0 Å². The van der Waals surface area contributed by atoms with Gasteiger partial charge in [-0.05, 0) is 53.9 Å². The summed E-state index contributed by atoms with van der Waals surface area (Å²) in [4.78, 5) is 21.6. The molecule has 2 aliphatic heterocycles. The number of nitrogens with zero attached hydrogens (tertiary/aromatic N) is 3. The van der Waals surface area contributed by atoms with Crippen LogP contribution >= 0.6 is 11.6 Å². The molecule has 1 N–H and O–H groups in total. The molecule has 3 aromatic rings. The van der Waals surface area contributed by atoms with Gasteiger partial charge in [0.05, 0.1) is 18.9 Å². The van der Waals surface area contributed by atoms with Crippen molar-refractivity contribution >= 4 is 29.0 Å². The molecule has 2 aromatic carbocycles. The van der Waals surface area contributed by atoms with Gasteiger partial charge in [0.15, 0.2) is 0 Å². The second-order valence-electron chi connectivity index (χ2n) is 8.49. The number of benzene rings is 2. The second kappa shape index (κ2) is 9.41. The van der Waals surface area contributed by atoms with Crippen LogP contribution in [0.2, 0.25) is 5.02 Å². The van der Waals surface area contributed by atoms with Gasteiger partial charge in [-0.25, -0.2) is 4.98 Å². The Kier molecular flexibility index (Phi) is 6.20. The molecule has 170 valence electrons. The van der Waals surface area contributed by atoms with E-state index in [0.717, 1.165) is 47.3 Å². The number of anilines is 2. The Bertz CT molecular complexity index is 1160. The largest absolute Gasteiger partial charge is 0.378 e. The number of rotatable bonds is 4. The van der Waals surface area contributed by atoms with E-state index in [1.54, 1.807) is 0 Å². The van der Waals surface area contributed by atoms with Crippen LogP contribution in [0, 0.1) is 6.92 Å². The van der Waals surface area contributed by atoms with E-state index in [2.05, 4.69) is 29.3 Å². The number of hydrogen-bond acceptors (Lipinski definition) is 5. The molecule has 0 unspecified atom stereocenters. The van der Waals surface area contributed by atoms with Gasteiger partial charge in [0.2, 0.25) is 0 Å². The number of halogens is 1. The number of carbonyl (C=O) groups excluding carboxylic acids is 1. The van der Waals surface area contributed by atoms with Crippen LogP contribution in [0.5, 0.6) is 0 Å². The molecule has 1 fully saturated rings. The Morgan fingerprint density at radius 3 is 2.64 bits per heavy atom. The minimum absolute atomic E-state index is 0.0562. The minimum atomic E-state index is 0.0562. The summed E-state index contributed by atoms with van der Waals surface area (Å²) in [6.07, 6.45) is 1.89. The van der Waals surface area contributed by atoms with Crippen molar-refractivity contribution in [2.45, 2.75) is 13.5 Å². The van der Waals surface area contributed by atoms with Gasteiger partial charge in [-0.1, -0.05) is 29.8 Å². The number of ether oxygens (including phenoxy) is 1. The molecule has 3 heterocycles. The molecule has 0 aliphatic carbocycles. The molecule has 0 bridgehead atoms. The Balaban J connectivity index is 1.38. The van der Waals surface area contributed by atoms with E-state index in [4.69, 9.17) is 21.3 Å². The number of nitrogens with one attached hydrogen (secondary N) is 1. The first kappa shape index (κ1) is 21.7. The summed E-state index contributed by atoms with van der Waals surface area (Å²) >= 11 is 6.25. The van der Waals surface area contributed by atoms with Gasteiger partial charge in [-0.2, -0.15) is 0 Å². The molecule has 33 heavy (non-hydrogen) atoms. The molecule has 1 amide bonds. The summed E-state index contributed by atoms with van der Waals surface area (Å²) in [7, 11) is 0. The molecule has 0 atom stereocenters. The number of hydrogen-bond donors (Lipinski definition) is 1. The number of aryl methyl sites for hydroxylation is 1. The van der Waals surface area contributed by atoms with Gasteiger partial charge in [0.1, 0.15) is 5.82 Å². The fourth-order valence-electron chi connectivity index (χ4n) is 4.35. The van der Waals surface area contributed by atoms with E-state index in [0.29, 0.717) is 31.9 Å². The molecular weight excluding hydrogens is 436 g/mol. The molecule has 5 rings (SSSR count). The van der Waals surface area contributed by atoms with Crippen LogP contribution < -0.4 is 10.2 Å². The molecule has 0 spiro atoms. The van der Waals surface area contributed by atoms with Crippen molar-refractivity contribution in [3.63, 3.8) is 0 Å². The highest BCUT2D eigenvalue weighted by molar-refractivity contribution is 6.30. The van der Waals surface area contributed by atoms with Crippen LogP contribution in [0.25, 0.3) is 11.1 Å². The average molecular weight is 463 g/mol. The normalized spacial score (nSPS) is 15.7. The number of aromatic nitrogens is 1. The number of carbonyl (C=O) groups is 1. The fraction of sp³-hybridized carbons (Fsp3) is 0.308. The maximum Gasteiger partial charge on any atom is 0.254 e. The molecule has 1 saturated heterocycles. The van der Waals surface area contributed by atoms with Crippen LogP contribution in [-0.4, -0.2) is 55.2 Å². The lowest BCUT2D eigenvalue weighted by Crippen LogP contribution is -2.40. The Morgan fingerprint density at radius 1 is 1.06 bits per heavy atom. The lowest BCUT2D eigenvalue weighted by atomic mass is 10.0. The predicted octanol–water partition coefficient (Wildman–Crippen LogP) is 4.61. The lowest BCUT2D eigenvalue weighted by Gasteiger charge is -2.32. The SMILES string of the molecule is Cc1ccc(Cl)cc1CN1CCNc2ncc(-c3ccc(C(=O)N4CCOCC4)cc3)cc21. The average Bonchev–Trinajstić information content (AvgIpc) is 2.86. The number of morpholine rings is 1. The smallest absolute Gasteiger partial charge is 0.254 e. The maximum atomic E-state index is 12.7. The van der Waals surface area contributed by atoms with Crippen molar-refractivity contribution in [2.24, 2.45) is 0 Å². The van der Waals surface area contributed by atoms with Gasteiger partial charge in [0, 0.05) is 55.1 Å². The first-order valence-corrected chi connectivity index (χ1v) is 11.7. The number of pyridine rings is 1. The topological polar surface area (TPSA) is 57.7 Å². The Hall–Kier alpha value is -3.09. The number of amides is 1. The van der Waals surface area contributed by atoms with Gasteiger partial charge in [-0.3, -0.25) is 4.79 Å². The highest BCUT2D eigenvalue weighted by Gasteiger charge is 2.21. The third-order valence-electron chi connectivity index (χ3n) is 6.32. The molecule has 7 heteroatoms. The predicted molar refractivity (Wildman–Crippen MR) is 132 cm³/mol. The van der Waals surface area contributed by atoms with Crippen LogP contribution in [0.3, 0.4) is 0 Å². The lowest BCUT2D eigenvalue weighted by molar-refractivity contribution is 0.0303. The summed E-state index contributed by atoms with van der Waals surface area (Å²) in [6, 6.07) is 16.0. The zero-order valence-electron chi connectivity index (χ0n) is 18.7. The van der Waals surface area contributed by atoms with E-state index in [9.17, 15) is 4.79 Å². The van der Waals surface area contributed by atoms with Crippen molar-refractivity contribution in [1.29, 1.82) is 0 Å². The zero-order chi connectivity index (χ0) is 22.8. The standard InChI is InChI=1S/C26H27ClN4O2/c1-18-2-7-23(27)14-22(18)17-31-9-8-28-25-24(31)15-21(16-29-25)19-3-5-20(6-4-19)26(32)30-10-12-33-13-11-30/h2-7,14-16H,8-13,17H2,1H3,(H,28,29). The summed E-state index contributed by atoms with van der Waals surface area (Å²) < 4.78 is 5.35. The van der Waals surface area contributed by atoms with E-state index in [1.807, 2.05) is 47.5 Å². The van der Waals surface area contributed by atoms with Crippen molar-refractivity contribution in [3.8, 4) is 11.1 Å².